The van der Waals surface area contributed by atoms with Crippen molar-refractivity contribution in [2.24, 2.45) is 10.9 Å². The molecule has 0 radical (unpaired) electrons. The van der Waals surface area contributed by atoms with Gasteiger partial charge in [0.05, 0.1) is 16.2 Å². The molecule has 1 aliphatic carbocycles. The average Bonchev–Trinajstić information content (AvgIpc) is 3.43. The second-order valence-corrected chi connectivity index (χ2v) is 10.8. The molecule has 0 saturated carbocycles. The Bertz CT molecular complexity index is 1530. The minimum absolute atomic E-state index is 0.170. The largest absolute Gasteiger partial charge is 0.488 e. The van der Waals surface area contributed by atoms with Gasteiger partial charge in [0.15, 0.2) is 0 Å². The molecule has 4 aromatic carbocycles. The fourth-order valence-electron chi connectivity index (χ4n) is 5.45. The lowest BCUT2D eigenvalue weighted by molar-refractivity contribution is 0.298. The Kier molecular flexibility index (Phi) is 6.86. The number of hydrogen-bond donors (Lipinski definition) is 1. The quantitative estimate of drug-likeness (QED) is 0.186. The molecule has 6 rings (SSSR count). The maximum atomic E-state index is 13.9. The van der Waals surface area contributed by atoms with E-state index in [0.29, 0.717) is 23.1 Å². The number of ether oxygens (including phenoxy) is 1. The van der Waals surface area contributed by atoms with E-state index >= 15 is 0 Å². The van der Waals surface area contributed by atoms with Crippen molar-refractivity contribution in [1.82, 2.24) is 0 Å². The lowest BCUT2D eigenvalue weighted by atomic mass is 9.76. The molecule has 1 aliphatic heterocycles. The third-order valence-electron chi connectivity index (χ3n) is 7.43. The molecule has 38 heavy (non-hydrogen) atoms. The van der Waals surface area contributed by atoms with Gasteiger partial charge < -0.3 is 10.1 Å². The molecule has 4 aromatic rings. The third-order valence-corrected chi connectivity index (χ3v) is 8.05. The SMILES string of the molecule is Cc1ccc2c(c1)[C@@H]1C=CC[C@@H]1[C@@H](c1ccc(N=Cc3ccc(OCc4ccccc4F)c(Br)c3)cc1)N2. The second-order valence-electron chi connectivity index (χ2n) is 9.99. The van der Waals surface area contributed by atoms with Crippen molar-refractivity contribution >= 4 is 33.5 Å². The summed E-state index contributed by atoms with van der Waals surface area (Å²) in [5.41, 5.74) is 7.61. The van der Waals surface area contributed by atoms with Gasteiger partial charge in [-0.25, -0.2) is 4.39 Å². The van der Waals surface area contributed by atoms with Gasteiger partial charge in [0, 0.05) is 23.4 Å². The first-order valence-corrected chi connectivity index (χ1v) is 13.7. The minimum Gasteiger partial charge on any atom is -0.488 e. The first-order chi connectivity index (χ1) is 18.5. The van der Waals surface area contributed by atoms with Crippen molar-refractivity contribution in [3.63, 3.8) is 0 Å². The Morgan fingerprint density at radius 2 is 1.87 bits per heavy atom. The van der Waals surface area contributed by atoms with Crippen LogP contribution < -0.4 is 10.1 Å². The molecule has 1 N–H and O–H groups in total. The van der Waals surface area contributed by atoms with E-state index in [1.807, 2.05) is 24.4 Å². The molecule has 5 heteroatoms. The molecule has 0 unspecified atom stereocenters. The van der Waals surface area contributed by atoms with Crippen LogP contribution in [0.25, 0.3) is 0 Å². The van der Waals surface area contributed by atoms with Gasteiger partial charge in [-0.05, 0) is 94.3 Å². The lowest BCUT2D eigenvalue weighted by Gasteiger charge is -2.37. The summed E-state index contributed by atoms with van der Waals surface area (Å²) in [6.45, 7) is 2.33. The van der Waals surface area contributed by atoms with Crippen molar-refractivity contribution in [3.8, 4) is 5.75 Å². The van der Waals surface area contributed by atoms with Crippen LogP contribution in [-0.4, -0.2) is 6.21 Å². The van der Waals surface area contributed by atoms with Crippen LogP contribution in [0.4, 0.5) is 15.8 Å². The molecule has 0 spiro atoms. The van der Waals surface area contributed by atoms with Crippen LogP contribution in [0.2, 0.25) is 0 Å². The van der Waals surface area contributed by atoms with Crippen LogP contribution in [0.5, 0.6) is 5.75 Å². The first-order valence-electron chi connectivity index (χ1n) is 12.9. The number of rotatable bonds is 6. The van der Waals surface area contributed by atoms with E-state index in [0.717, 1.165) is 22.1 Å². The highest BCUT2D eigenvalue weighted by molar-refractivity contribution is 9.10. The summed E-state index contributed by atoms with van der Waals surface area (Å²) in [6, 6.07) is 27.9. The fourth-order valence-corrected chi connectivity index (χ4v) is 5.96. The number of aliphatic imine (C=N–C) groups is 1. The molecule has 2 aliphatic rings. The number of aryl methyl sites for hydroxylation is 1. The zero-order chi connectivity index (χ0) is 26.1. The van der Waals surface area contributed by atoms with Gasteiger partial charge in [-0.2, -0.15) is 0 Å². The Balaban J connectivity index is 1.13. The van der Waals surface area contributed by atoms with Crippen molar-refractivity contribution in [2.45, 2.75) is 31.9 Å². The second kappa shape index (κ2) is 10.6. The van der Waals surface area contributed by atoms with Gasteiger partial charge in [-0.3, -0.25) is 4.99 Å². The number of allylic oxidation sites excluding steroid dienone is 2. The summed E-state index contributed by atoms with van der Waals surface area (Å²) in [7, 11) is 0. The molecule has 190 valence electrons. The monoisotopic (exact) mass is 566 g/mol. The Hall–Kier alpha value is -3.70. The smallest absolute Gasteiger partial charge is 0.134 e. The molecular weight excluding hydrogens is 539 g/mol. The predicted molar refractivity (Wildman–Crippen MR) is 156 cm³/mol. The molecule has 3 nitrogen and oxygen atoms in total. The number of nitrogens with one attached hydrogen (secondary N) is 1. The first kappa shape index (κ1) is 24.6. The van der Waals surface area contributed by atoms with Crippen molar-refractivity contribution in [3.05, 3.63) is 135 Å². The van der Waals surface area contributed by atoms with E-state index in [-0.39, 0.29) is 18.5 Å². The molecule has 0 aromatic heterocycles. The number of hydrogen-bond acceptors (Lipinski definition) is 3. The number of anilines is 1. The zero-order valence-corrected chi connectivity index (χ0v) is 22.7. The molecular formula is C33H28BrFN2O. The summed E-state index contributed by atoms with van der Waals surface area (Å²) in [4.78, 5) is 4.68. The molecule has 0 amide bonds. The summed E-state index contributed by atoms with van der Waals surface area (Å²) in [6.07, 6.45) is 7.64. The van der Waals surface area contributed by atoms with Gasteiger partial charge in [0.2, 0.25) is 0 Å². The van der Waals surface area contributed by atoms with Crippen LogP contribution in [0, 0.1) is 18.7 Å². The summed E-state index contributed by atoms with van der Waals surface area (Å²) in [5.74, 6) is 1.38. The highest BCUT2D eigenvalue weighted by Gasteiger charge is 2.37. The minimum atomic E-state index is -0.266. The summed E-state index contributed by atoms with van der Waals surface area (Å²) >= 11 is 3.56. The molecule has 0 saturated heterocycles. The van der Waals surface area contributed by atoms with Gasteiger partial charge in [0.25, 0.3) is 0 Å². The third kappa shape index (κ3) is 5.03. The van der Waals surface area contributed by atoms with Gasteiger partial charge in [-0.1, -0.05) is 60.2 Å². The molecule has 0 bridgehead atoms. The van der Waals surface area contributed by atoms with Gasteiger partial charge >= 0.3 is 0 Å². The average molecular weight is 568 g/mol. The Labute approximate surface area is 231 Å². The van der Waals surface area contributed by atoms with E-state index in [2.05, 4.69) is 87.8 Å². The summed E-state index contributed by atoms with van der Waals surface area (Å²) < 4.78 is 20.5. The number of fused-ring (bicyclic) bond motifs is 3. The van der Waals surface area contributed by atoms with Gasteiger partial charge in [-0.15, -0.1) is 0 Å². The predicted octanol–water partition coefficient (Wildman–Crippen LogP) is 9.05. The van der Waals surface area contributed by atoms with Crippen molar-refractivity contribution in [2.75, 3.05) is 5.32 Å². The van der Waals surface area contributed by atoms with E-state index in [1.54, 1.807) is 18.2 Å². The van der Waals surface area contributed by atoms with Crippen LogP contribution in [0.1, 0.15) is 46.2 Å². The topological polar surface area (TPSA) is 33.6 Å². The normalized spacial score (nSPS) is 19.7. The van der Waals surface area contributed by atoms with E-state index < -0.39 is 0 Å². The van der Waals surface area contributed by atoms with Crippen LogP contribution in [0.15, 0.2) is 107 Å². The van der Waals surface area contributed by atoms with Crippen molar-refractivity contribution in [1.29, 1.82) is 0 Å². The van der Waals surface area contributed by atoms with Crippen LogP contribution in [-0.2, 0) is 6.61 Å². The van der Waals surface area contributed by atoms with E-state index in [9.17, 15) is 4.39 Å². The summed E-state index contributed by atoms with van der Waals surface area (Å²) in [5, 5.41) is 3.81. The van der Waals surface area contributed by atoms with E-state index in [4.69, 9.17) is 4.74 Å². The number of benzene rings is 4. The molecule has 1 heterocycles. The standard InChI is InChI=1S/C33H28BrFN2O/c1-21-9-15-31-28(17-21)26-6-4-7-27(26)33(37-31)23-11-13-25(14-12-23)36-19-22-10-16-32(29(34)18-22)38-20-24-5-2-3-8-30(24)35/h2-6,8-19,26-27,33,37H,7,20H2,1H3/t26-,27+,33-/m1/s1. The number of nitrogens with zero attached hydrogens (tertiary/aromatic N) is 1. The fraction of sp³-hybridized carbons (Fsp3) is 0.182. The zero-order valence-electron chi connectivity index (χ0n) is 21.1. The Morgan fingerprint density at radius 1 is 1.03 bits per heavy atom. The lowest BCUT2D eigenvalue weighted by Crippen LogP contribution is -2.29. The van der Waals surface area contributed by atoms with Crippen LogP contribution in [0.3, 0.4) is 0 Å². The highest BCUT2D eigenvalue weighted by Crippen LogP contribution is 2.50. The molecule has 0 fully saturated rings. The van der Waals surface area contributed by atoms with Crippen molar-refractivity contribution < 1.29 is 9.13 Å². The van der Waals surface area contributed by atoms with E-state index in [1.165, 1.54) is 28.4 Å². The number of halogens is 2. The van der Waals surface area contributed by atoms with Gasteiger partial charge in [0.1, 0.15) is 18.2 Å². The Morgan fingerprint density at radius 3 is 2.68 bits per heavy atom. The van der Waals surface area contributed by atoms with Crippen LogP contribution >= 0.6 is 15.9 Å². The maximum Gasteiger partial charge on any atom is 0.134 e. The molecule has 3 atom stereocenters. The highest BCUT2D eigenvalue weighted by atomic mass is 79.9. The maximum absolute atomic E-state index is 13.9.